The van der Waals surface area contributed by atoms with E-state index in [0.29, 0.717) is 0 Å². The average Bonchev–Trinajstić information content (AvgIpc) is 3.11. The molecule has 144 valence electrons. The van der Waals surface area contributed by atoms with Gasteiger partial charge in [-0.05, 0) is 37.2 Å². The molecule has 0 bridgehead atoms. The zero-order valence-electron chi connectivity index (χ0n) is 16.0. The van der Waals surface area contributed by atoms with Crippen LogP contribution in [0.5, 0.6) is 0 Å². The minimum Gasteiger partial charge on any atom is -0.393 e. The van der Waals surface area contributed by atoms with Gasteiger partial charge in [0, 0.05) is 18.8 Å². The van der Waals surface area contributed by atoms with Crippen LogP contribution in [0.2, 0.25) is 0 Å². The Morgan fingerprint density at radius 1 is 1.22 bits per heavy atom. The second kappa shape index (κ2) is 7.47. The van der Waals surface area contributed by atoms with Crippen LogP contribution in [-0.4, -0.2) is 26.9 Å². The largest absolute Gasteiger partial charge is 0.393 e. The lowest BCUT2D eigenvalue weighted by Crippen LogP contribution is -2.50. The molecule has 2 N–H and O–H groups in total. The number of aryl methyl sites for hydroxylation is 1. The summed E-state index contributed by atoms with van der Waals surface area (Å²) in [7, 11) is 1.89. The molecule has 27 heavy (non-hydrogen) atoms. The monoisotopic (exact) mass is 367 g/mol. The lowest BCUT2D eigenvalue weighted by molar-refractivity contribution is -0.130. The number of aliphatic hydroxyl groups excluding tert-OH is 1. The molecular weight excluding hydrogens is 338 g/mol. The van der Waals surface area contributed by atoms with E-state index in [1.54, 1.807) is 4.68 Å². The van der Waals surface area contributed by atoms with Gasteiger partial charge >= 0.3 is 0 Å². The zero-order valence-corrected chi connectivity index (χ0v) is 16.0. The maximum absolute atomic E-state index is 13.6. The molecule has 2 fully saturated rings. The number of benzene rings is 1. The highest BCUT2D eigenvalue weighted by atomic mass is 16.3. The van der Waals surface area contributed by atoms with Crippen molar-refractivity contribution in [3.63, 3.8) is 0 Å². The van der Waals surface area contributed by atoms with Gasteiger partial charge < -0.3 is 10.4 Å². The minimum absolute atomic E-state index is 0.0860. The number of aliphatic hydroxyl groups is 1. The van der Waals surface area contributed by atoms with Crippen LogP contribution in [0.15, 0.2) is 42.7 Å². The van der Waals surface area contributed by atoms with Crippen molar-refractivity contribution >= 4 is 5.91 Å². The van der Waals surface area contributed by atoms with E-state index in [4.69, 9.17) is 0 Å². The van der Waals surface area contributed by atoms with Crippen LogP contribution in [0.4, 0.5) is 0 Å². The molecule has 2 aromatic rings. The van der Waals surface area contributed by atoms with Crippen molar-refractivity contribution in [2.75, 3.05) is 0 Å². The number of aromatic nitrogens is 2. The molecule has 0 radical (unpaired) electrons. The molecule has 0 saturated heterocycles. The Balaban J connectivity index is 1.62. The number of carbonyl (C=O) groups excluding carboxylic acids is 1. The summed E-state index contributed by atoms with van der Waals surface area (Å²) in [5.41, 5.74) is 1.71. The van der Waals surface area contributed by atoms with Gasteiger partial charge in [0.05, 0.1) is 23.8 Å². The van der Waals surface area contributed by atoms with Crippen molar-refractivity contribution in [3.05, 3.63) is 53.9 Å². The van der Waals surface area contributed by atoms with Gasteiger partial charge in [-0.15, -0.1) is 0 Å². The Kier molecular flexibility index (Phi) is 5.04. The second-order valence-corrected chi connectivity index (χ2v) is 8.29. The fourth-order valence-electron chi connectivity index (χ4n) is 4.81. The highest BCUT2D eigenvalue weighted by Crippen LogP contribution is 2.42. The molecule has 2 aliphatic rings. The Morgan fingerprint density at radius 3 is 2.52 bits per heavy atom. The lowest BCUT2D eigenvalue weighted by Gasteiger charge is -2.41. The van der Waals surface area contributed by atoms with Crippen molar-refractivity contribution in [1.29, 1.82) is 0 Å². The summed E-state index contributed by atoms with van der Waals surface area (Å²) in [6.07, 6.45) is 10.2. The summed E-state index contributed by atoms with van der Waals surface area (Å²) in [5, 5.41) is 17.5. The standard InChI is InChI=1S/C22H29N3O2/c1-25-15-17(14-23-25)20(16-12-19(26)13-16)24-21(27)22(10-6-3-7-11-22)18-8-4-2-5-9-18/h2,4-5,8-9,14-16,19-20,26H,3,6-7,10-13H2,1H3,(H,24,27). The number of rotatable bonds is 5. The minimum atomic E-state index is -0.442. The molecule has 1 heterocycles. The van der Waals surface area contributed by atoms with Crippen LogP contribution >= 0.6 is 0 Å². The third kappa shape index (κ3) is 3.53. The van der Waals surface area contributed by atoms with Crippen molar-refractivity contribution in [2.45, 2.75) is 62.5 Å². The van der Waals surface area contributed by atoms with Crippen molar-refractivity contribution in [1.82, 2.24) is 15.1 Å². The van der Waals surface area contributed by atoms with Crippen molar-refractivity contribution < 1.29 is 9.90 Å². The first-order valence-electron chi connectivity index (χ1n) is 10.1. The molecule has 1 aromatic heterocycles. The molecule has 5 nitrogen and oxygen atoms in total. The lowest BCUT2D eigenvalue weighted by atomic mass is 9.68. The normalized spacial score (nSPS) is 25.4. The van der Waals surface area contributed by atoms with Crippen molar-refractivity contribution in [2.24, 2.45) is 13.0 Å². The highest BCUT2D eigenvalue weighted by molar-refractivity contribution is 5.88. The summed E-state index contributed by atoms with van der Waals surface area (Å²) in [5.74, 6) is 0.396. The summed E-state index contributed by atoms with van der Waals surface area (Å²) in [4.78, 5) is 13.6. The highest BCUT2D eigenvalue weighted by Gasteiger charge is 2.44. The van der Waals surface area contributed by atoms with E-state index in [-0.39, 0.29) is 24.0 Å². The van der Waals surface area contributed by atoms with Gasteiger partial charge in [-0.2, -0.15) is 5.10 Å². The van der Waals surface area contributed by atoms with E-state index in [9.17, 15) is 9.90 Å². The first kappa shape index (κ1) is 18.2. The Hall–Kier alpha value is -2.14. The van der Waals surface area contributed by atoms with E-state index >= 15 is 0 Å². The number of nitrogens with zero attached hydrogens (tertiary/aromatic N) is 2. The van der Waals surface area contributed by atoms with Gasteiger partial charge in [-0.3, -0.25) is 9.48 Å². The molecule has 0 aliphatic heterocycles. The Labute approximate surface area is 160 Å². The summed E-state index contributed by atoms with van der Waals surface area (Å²) < 4.78 is 1.77. The van der Waals surface area contributed by atoms with Crippen LogP contribution in [-0.2, 0) is 17.3 Å². The fourth-order valence-corrected chi connectivity index (χ4v) is 4.81. The van der Waals surface area contributed by atoms with Crippen LogP contribution in [0.3, 0.4) is 0 Å². The number of hydrogen-bond acceptors (Lipinski definition) is 3. The van der Waals surface area contributed by atoms with Gasteiger partial charge in [0.1, 0.15) is 0 Å². The smallest absolute Gasteiger partial charge is 0.231 e. The molecule has 1 aromatic carbocycles. The fraction of sp³-hybridized carbons (Fsp3) is 0.545. The van der Waals surface area contributed by atoms with Crippen LogP contribution in [0, 0.1) is 5.92 Å². The quantitative estimate of drug-likeness (QED) is 0.852. The molecule has 1 unspecified atom stereocenters. The molecule has 0 spiro atoms. The molecule has 1 amide bonds. The third-order valence-corrected chi connectivity index (χ3v) is 6.46. The molecule has 4 rings (SSSR count). The average molecular weight is 367 g/mol. The van der Waals surface area contributed by atoms with Gasteiger partial charge in [0.15, 0.2) is 0 Å². The van der Waals surface area contributed by atoms with E-state index in [0.717, 1.165) is 49.7 Å². The molecular formula is C22H29N3O2. The molecule has 1 atom stereocenters. The number of hydrogen-bond donors (Lipinski definition) is 2. The van der Waals surface area contributed by atoms with Crippen LogP contribution < -0.4 is 5.32 Å². The van der Waals surface area contributed by atoms with Gasteiger partial charge in [0.2, 0.25) is 5.91 Å². The van der Waals surface area contributed by atoms with E-state index in [1.165, 1.54) is 6.42 Å². The zero-order chi connectivity index (χ0) is 18.9. The number of nitrogens with one attached hydrogen (secondary N) is 1. The van der Waals surface area contributed by atoms with Gasteiger partial charge in [-0.1, -0.05) is 49.6 Å². The molecule has 2 aliphatic carbocycles. The third-order valence-electron chi connectivity index (χ3n) is 6.46. The topological polar surface area (TPSA) is 67.2 Å². The summed E-state index contributed by atoms with van der Waals surface area (Å²) >= 11 is 0. The first-order valence-corrected chi connectivity index (χ1v) is 10.1. The maximum Gasteiger partial charge on any atom is 0.231 e. The molecule has 2 saturated carbocycles. The number of carbonyl (C=O) groups is 1. The summed E-state index contributed by atoms with van der Waals surface area (Å²) in [6, 6.07) is 10.2. The van der Waals surface area contributed by atoms with E-state index in [1.807, 2.05) is 37.6 Å². The predicted molar refractivity (Wildman–Crippen MR) is 104 cm³/mol. The van der Waals surface area contributed by atoms with Crippen LogP contribution in [0.25, 0.3) is 0 Å². The maximum atomic E-state index is 13.6. The van der Waals surface area contributed by atoms with Gasteiger partial charge in [0.25, 0.3) is 0 Å². The Bertz CT molecular complexity index is 774. The SMILES string of the molecule is Cn1cc(C(NC(=O)C2(c3ccccc3)CCCCC2)C2CC(O)C2)cn1. The van der Waals surface area contributed by atoms with Crippen molar-refractivity contribution in [3.8, 4) is 0 Å². The number of amides is 1. The molecule has 5 heteroatoms. The van der Waals surface area contributed by atoms with Crippen LogP contribution in [0.1, 0.15) is 62.1 Å². The first-order chi connectivity index (χ1) is 13.1. The van der Waals surface area contributed by atoms with E-state index in [2.05, 4.69) is 22.5 Å². The van der Waals surface area contributed by atoms with E-state index < -0.39 is 5.41 Å². The Morgan fingerprint density at radius 2 is 1.93 bits per heavy atom. The van der Waals surface area contributed by atoms with Gasteiger partial charge in [-0.25, -0.2) is 0 Å². The summed E-state index contributed by atoms with van der Waals surface area (Å²) in [6.45, 7) is 0. The second-order valence-electron chi connectivity index (χ2n) is 8.29. The predicted octanol–water partition coefficient (Wildman–Crippen LogP) is 3.25.